The first-order valence-corrected chi connectivity index (χ1v) is 5.57. The minimum Gasteiger partial charge on any atom is -0.497 e. The van der Waals surface area contributed by atoms with Crippen LogP contribution >= 0.6 is 12.4 Å². The van der Waals surface area contributed by atoms with Gasteiger partial charge in [-0.15, -0.1) is 12.4 Å². The minimum absolute atomic E-state index is 0. The van der Waals surface area contributed by atoms with Crippen LogP contribution in [0.2, 0.25) is 0 Å². The Morgan fingerprint density at radius 1 is 1.11 bits per heavy atom. The summed E-state index contributed by atoms with van der Waals surface area (Å²) >= 11 is 0. The maximum Gasteiger partial charge on any atom is 0.327 e. The first-order chi connectivity index (χ1) is 8.65. The number of carbonyl (C=O) groups is 1. The zero-order valence-corrected chi connectivity index (χ0v) is 11.6. The van der Waals surface area contributed by atoms with E-state index in [0.29, 0.717) is 0 Å². The molecule has 19 heavy (non-hydrogen) atoms. The molecule has 0 saturated heterocycles. The average Bonchev–Trinajstić information content (AvgIpc) is 2.44. The molecule has 0 heterocycles. The van der Waals surface area contributed by atoms with Gasteiger partial charge in [-0.3, -0.25) is 4.79 Å². The van der Waals surface area contributed by atoms with Crippen molar-refractivity contribution in [1.82, 2.24) is 0 Å². The molecule has 0 unspecified atom stereocenters. The standard InChI is InChI=1S/C14H15NO3.ClH/c1-17-12-6-5-9-7-11(4-3-10(9)8-12)13(15)14(16)18-2;/h3-8,13H,15H2,1-2H3;1H/t13-;/m0./s1. The number of halogens is 1. The Morgan fingerprint density at radius 2 is 1.74 bits per heavy atom. The van der Waals surface area contributed by atoms with Gasteiger partial charge in [-0.25, -0.2) is 0 Å². The molecular weight excluding hydrogens is 266 g/mol. The van der Waals surface area contributed by atoms with Gasteiger partial charge in [-0.2, -0.15) is 0 Å². The smallest absolute Gasteiger partial charge is 0.327 e. The van der Waals surface area contributed by atoms with E-state index in [4.69, 9.17) is 10.5 Å². The Kier molecular flexibility index (Phi) is 5.15. The zero-order chi connectivity index (χ0) is 13.1. The van der Waals surface area contributed by atoms with Crippen molar-refractivity contribution in [3.63, 3.8) is 0 Å². The quantitative estimate of drug-likeness (QED) is 0.878. The van der Waals surface area contributed by atoms with E-state index in [1.54, 1.807) is 7.11 Å². The maximum absolute atomic E-state index is 11.4. The number of methoxy groups -OCH3 is 2. The summed E-state index contributed by atoms with van der Waals surface area (Å²) in [6.07, 6.45) is 0. The van der Waals surface area contributed by atoms with Gasteiger partial charge < -0.3 is 15.2 Å². The molecule has 2 aromatic carbocycles. The van der Waals surface area contributed by atoms with Crippen LogP contribution in [0.4, 0.5) is 0 Å². The van der Waals surface area contributed by atoms with Crippen LogP contribution in [0.5, 0.6) is 5.75 Å². The van der Waals surface area contributed by atoms with Crippen LogP contribution in [0, 0.1) is 0 Å². The van der Waals surface area contributed by atoms with Gasteiger partial charge in [-0.1, -0.05) is 18.2 Å². The summed E-state index contributed by atoms with van der Waals surface area (Å²) in [4.78, 5) is 11.4. The maximum atomic E-state index is 11.4. The van der Waals surface area contributed by atoms with Crippen LogP contribution in [0.25, 0.3) is 10.8 Å². The zero-order valence-electron chi connectivity index (χ0n) is 10.8. The second kappa shape index (κ2) is 6.41. The Balaban J connectivity index is 0.00000180. The molecule has 0 radical (unpaired) electrons. The highest BCUT2D eigenvalue weighted by Gasteiger charge is 2.16. The molecule has 0 saturated carbocycles. The van der Waals surface area contributed by atoms with E-state index in [9.17, 15) is 4.79 Å². The lowest BCUT2D eigenvalue weighted by Gasteiger charge is -2.10. The predicted molar refractivity (Wildman–Crippen MR) is 76.7 cm³/mol. The average molecular weight is 282 g/mol. The number of hydrogen-bond acceptors (Lipinski definition) is 4. The van der Waals surface area contributed by atoms with E-state index >= 15 is 0 Å². The monoisotopic (exact) mass is 281 g/mol. The van der Waals surface area contributed by atoms with Crippen LogP contribution in [0.3, 0.4) is 0 Å². The van der Waals surface area contributed by atoms with Crippen LogP contribution in [0.1, 0.15) is 11.6 Å². The van der Waals surface area contributed by atoms with Crippen molar-refractivity contribution in [2.45, 2.75) is 6.04 Å². The SMILES string of the molecule is COC(=O)[C@@H](N)c1ccc2cc(OC)ccc2c1.Cl. The summed E-state index contributed by atoms with van der Waals surface area (Å²) in [6.45, 7) is 0. The van der Waals surface area contributed by atoms with Crippen molar-refractivity contribution in [3.8, 4) is 5.75 Å². The fourth-order valence-corrected chi connectivity index (χ4v) is 1.83. The van der Waals surface area contributed by atoms with Gasteiger partial charge in [0.2, 0.25) is 0 Å². The number of ether oxygens (including phenoxy) is 2. The molecule has 5 heteroatoms. The first kappa shape index (κ1) is 15.3. The van der Waals surface area contributed by atoms with Crippen LogP contribution in [0.15, 0.2) is 36.4 Å². The Bertz CT molecular complexity index is 586. The summed E-state index contributed by atoms with van der Waals surface area (Å²) in [5.41, 5.74) is 6.53. The van der Waals surface area contributed by atoms with E-state index in [-0.39, 0.29) is 12.4 Å². The number of carbonyl (C=O) groups excluding carboxylic acids is 1. The molecule has 0 amide bonds. The Hall–Kier alpha value is -1.78. The number of esters is 1. The largest absolute Gasteiger partial charge is 0.497 e. The van der Waals surface area contributed by atoms with Crippen molar-refractivity contribution in [3.05, 3.63) is 42.0 Å². The molecule has 0 bridgehead atoms. The number of benzene rings is 2. The lowest BCUT2D eigenvalue weighted by molar-refractivity contribution is -0.142. The van der Waals surface area contributed by atoms with Crippen LogP contribution in [-0.2, 0) is 9.53 Å². The van der Waals surface area contributed by atoms with Crippen molar-refractivity contribution >= 4 is 29.1 Å². The van der Waals surface area contributed by atoms with Gasteiger partial charge in [-0.05, 0) is 34.5 Å². The first-order valence-electron chi connectivity index (χ1n) is 5.57. The molecule has 2 rings (SSSR count). The molecule has 0 aliphatic heterocycles. The topological polar surface area (TPSA) is 61.5 Å². The van der Waals surface area contributed by atoms with Crippen LogP contribution < -0.4 is 10.5 Å². The normalized spacial score (nSPS) is 11.5. The minimum atomic E-state index is -0.749. The summed E-state index contributed by atoms with van der Waals surface area (Å²) in [7, 11) is 2.96. The molecule has 1 atom stereocenters. The summed E-state index contributed by atoms with van der Waals surface area (Å²) < 4.78 is 9.79. The number of hydrogen-bond donors (Lipinski definition) is 1. The van der Waals surface area contributed by atoms with Gasteiger partial charge in [0.1, 0.15) is 11.8 Å². The second-order valence-electron chi connectivity index (χ2n) is 3.97. The van der Waals surface area contributed by atoms with E-state index < -0.39 is 12.0 Å². The molecule has 0 aliphatic carbocycles. The number of fused-ring (bicyclic) bond motifs is 1. The van der Waals surface area contributed by atoms with E-state index in [2.05, 4.69) is 4.74 Å². The highest BCUT2D eigenvalue weighted by atomic mass is 35.5. The molecule has 0 fully saturated rings. The van der Waals surface area contributed by atoms with Crippen molar-refractivity contribution in [2.24, 2.45) is 5.73 Å². The summed E-state index contributed by atoms with van der Waals surface area (Å²) in [5, 5.41) is 2.04. The second-order valence-corrected chi connectivity index (χ2v) is 3.97. The Morgan fingerprint density at radius 3 is 2.37 bits per heavy atom. The molecule has 4 nitrogen and oxygen atoms in total. The molecule has 102 valence electrons. The third kappa shape index (κ3) is 3.16. The van der Waals surface area contributed by atoms with Gasteiger partial charge in [0.15, 0.2) is 0 Å². The highest BCUT2D eigenvalue weighted by Crippen LogP contribution is 2.24. The third-order valence-corrected chi connectivity index (χ3v) is 2.89. The molecule has 2 N–H and O–H groups in total. The number of nitrogens with two attached hydrogens (primary N) is 1. The fourth-order valence-electron chi connectivity index (χ4n) is 1.83. The van der Waals surface area contributed by atoms with E-state index in [1.807, 2.05) is 36.4 Å². The van der Waals surface area contributed by atoms with Gasteiger partial charge >= 0.3 is 5.97 Å². The van der Waals surface area contributed by atoms with Crippen LogP contribution in [-0.4, -0.2) is 20.2 Å². The lowest BCUT2D eigenvalue weighted by atomic mass is 10.0. The van der Waals surface area contributed by atoms with Gasteiger partial charge in [0, 0.05) is 0 Å². The Labute approximate surface area is 117 Å². The molecule has 0 spiro atoms. The molecule has 0 aromatic heterocycles. The van der Waals surface area contributed by atoms with Crippen molar-refractivity contribution < 1.29 is 14.3 Å². The van der Waals surface area contributed by atoms with E-state index in [0.717, 1.165) is 22.1 Å². The van der Waals surface area contributed by atoms with Gasteiger partial charge in [0.25, 0.3) is 0 Å². The molecular formula is C14H16ClNO3. The molecule has 2 aromatic rings. The van der Waals surface area contributed by atoms with Gasteiger partial charge in [0.05, 0.1) is 14.2 Å². The highest BCUT2D eigenvalue weighted by molar-refractivity contribution is 5.86. The van der Waals surface area contributed by atoms with Crippen molar-refractivity contribution in [2.75, 3.05) is 14.2 Å². The summed E-state index contributed by atoms with van der Waals surface area (Å²) in [5.74, 6) is 0.357. The lowest BCUT2D eigenvalue weighted by Crippen LogP contribution is -2.22. The van der Waals surface area contributed by atoms with E-state index in [1.165, 1.54) is 7.11 Å². The van der Waals surface area contributed by atoms with Crippen molar-refractivity contribution in [1.29, 1.82) is 0 Å². The number of rotatable bonds is 3. The fraction of sp³-hybridized carbons (Fsp3) is 0.214. The summed E-state index contributed by atoms with van der Waals surface area (Å²) in [6, 6.07) is 10.6. The molecule has 0 aliphatic rings. The predicted octanol–water partition coefficient (Wildman–Crippen LogP) is 2.44. The third-order valence-electron chi connectivity index (χ3n) is 2.89.